The van der Waals surface area contributed by atoms with Crippen LogP contribution in [0.15, 0.2) is 17.1 Å². The van der Waals surface area contributed by atoms with Crippen LogP contribution in [0.2, 0.25) is 0 Å². The lowest BCUT2D eigenvalue weighted by Crippen LogP contribution is -2.28. The third-order valence-electron chi connectivity index (χ3n) is 2.04. The number of rotatable bonds is 2. The van der Waals surface area contributed by atoms with Crippen molar-refractivity contribution in [2.75, 3.05) is 18.9 Å². The van der Waals surface area contributed by atoms with Gasteiger partial charge in [0.2, 0.25) is 0 Å². The molecule has 0 saturated carbocycles. The molecular formula is C8H11N3O4. The standard InChI is InChI=1S/C8H11N3O4/c9-5-1-2-11(8(13)10-5)6-4-14-7(3-12)15-6/h1-2,6-7,12H,3-4H2,(H2,9,10,13)/t6-,7+/m0/s1. The van der Waals surface area contributed by atoms with Crippen LogP contribution >= 0.6 is 0 Å². The lowest BCUT2D eigenvalue weighted by molar-refractivity contribution is -0.0992. The van der Waals surface area contributed by atoms with Gasteiger partial charge in [-0.3, -0.25) is 4.57 Å². The summed E-state index contributed by atoms with van der Waals surface area (Å²) in [5.74, 6) is 0.161. The Morgan fingerprint density at radius 3 is 3.13 bits per heavy atom. The number of hydrogen-bond acceptors (Lipinski definition) is 6. The molecule has 82 valence electrons. The molecular weight excluding hydrogens is 202 g/mol. The topological polar surface area (TPSA) is 99.6 Å². The number of nitrogens with zero attached hydrogens (tertiary/aromatic N) is 2. The van der Waals surface area contributed by atoms with Gasteiger partial charge in [0.05, 0.1) is 13.2 Å². The van der Waals surface area contributed by atoms with Crippen LogP contribution in [-0.2, 0) is 9.47 Å². The Bertz CT molecular complexity index is 405. The molecule has 1 saturated heterocycles. The summed E-state index contributed by atoms with van der Waals surface area (Å²) in [6.45, 7) is -0.0373. The number of ether oxygens (including phenoxy) is 2. The zero-order chi connectivity index (χ0) is 10.8. The zero-order valence-corrected chi connectivity index (χ0v) is 7.87. The van der Waals surface area contributed by atoms with E-state index >= 15 is 0 Å². The van der Waals surface area contributed by atoms with Gasteiger partial charge in [-0.15, -0.1) is 0 Å². The molecule has 3 N–H and O–H groups in total. The predicted octanol–water partition coefficient (Wildman–Crippen LogP) is -1.31. The third-order valence-corrected chi connectivity index (χ3v) is 2.04. The Kier molecular flexibility index (Phi) is 2.67. The summed E-state index contributed by atoms with van der Waals surface area (Å²) in [6, 6.07) is 1.50. The molecule has 2 atom stereocenters. The molecule has 0 amide bonds. The van der Waals surface area contributed by atoms with Crippen molar-refractivity contribution in [3.05, 3.63) is 22.7 Å². The Morgan fingerprint density at radius 2 is 2.53 bits per heavy atom. The second-order valence-electron chi connectivity index (χ2n) is 3.08. The first-order chi connectivity index (χ1) is 7.20. The fraction of sp³-hybridized carbons (Fsp3) is 0.500. The van der Waals surface area contributed by atoms with Crippen molar-refractivity contribution < 1.29 is 14.6 Å². The van der Waals surface area contributed by atoms with E-state index in [4.69, 9.17) is 20.3 Å². The molecule has 15 heavy (non-hydrogen) atoms. The first-order valence-corrected chi connectivity index (χ1v) is 4.43. The molecule has 0 radical (unpaired) electrons. The van der Waals surface area contributed by atoms with Crippen molar-refractivity contribution in [3.63, 3.8) is 0 Å². The van der Waals surface area contributed by atoms with Gasteiger partial charge >= 0.3 is 5.69 Å². The fourth-order valence-corrected chi connectivity index (χ4v) is 1.33. The van der Waals surface area contributed by atoms with E-state index in [0.717, 1.165) is 0 Å². The summed E-state index contributed by atoms with van der Waals surface area (Å²) >= 11 is 0. The minimum Gasteiger partial charge on any atom is -0.391 e. The smallest absolute Gasteiger partial charge is 0.351 e. The molecule has 0 aromatic carbocycles. The lowest BCUT2D eigenvalue weighted by atomic mass is 10.5. The van der Waals surface area contributed by atoms with Crippen molar-refractivity contribution in [1.82, 2.24) is 9.55 Å². The van der Waals surface area contributed by atoms with Crippen LogP contribution in [-0.4, -0.2) is 34.2 Å². The monoisotopic (exact) mass is 213 g/mol. The van der Waals surface area contributed by atoms with Gasteiger partial charge in [-0.05, 0) is 6.07 Å². The summed E-state index contributed by atoms with van der Waals surface area (Å²) in [7, 11) is 0. The molecule has 7 heteroatoms. The van der Waals surface area contributed by atoms with Gasteiger partial charge in [-0.25, -0.2) is 4.79 Å². The number of aliphatic hydroxyl groups is 1. The Labute approximate surface area is 85.1 Å². The molecule has 1 aliphatic heterocycles. The van der Waals surface area contributed by atoms with Gasteiger partial charge < -0.3 is 20.3 Å². The number of nitrogen functional groups attached to an aromatic ring is 1. The molecule has 1 aromatic rings. The molecule has 1 aromatic heterocycles. The average Bonchev–Trinajstić information content (AvgIpc) is 2.66. The molecule has 2 rings (SSSR count). The Balaban J connectivity index is 2.20. The van der Waals surface area contributed by atoms with Crippen LogP contribution < -0.4 is 11.4 Å². The van der Waals surface area contributed by atoms with Gasteiger partial charge in [-0.1, -0.05) is 0 Å². The molecule has 7 nitrogen and oxygen atoms in total. The van der Waals surface area contributed by atoms with Gasteiger partial charge in [-0.2, -0.15) is 4.98 Å². The van der Waals surface area contributed by atoms with E-state index in [1.165, 1.54) is 16.8 Å². The second-order valence-corrected chi connectivity index (χ2v) is 3.08. The third kappa shape index (κ3) is 1.99. The Hall–Kier alpha value is -1.44. The van der Waals surface area contributed by atoms with Crippen molar-refractivity contribution in [2.24, 2.45) is 0 Å². The van der Waals surface area contributed by atoms with Crippen LogP contribution in [0.3, 0.4) is 0 Å². The summed E-state index contributed by atoms with van der Waals surface area (Å²) in [5.41, 5.74) is 4.85. The van der Waals surface area contributed by atoms with E-state index in [0.29, 0.717) is 0 Å². The first kappa shape index (κ1) is 10.1. The molecule has 1 fully saturated rings. The number of aromatic nitrogens is 2. The van der Waals surface area contributed by atoms with E-state index in [9.17, 15) is 4.79 Å². The van der Waals surface area contributed by atoms with Crippen molar-refractivity contribution >= 4 is 5.82 Å². The summed E-state index contributed by atoms with van der Waals surface area (Å²) in [5, 5.41) is 8.77. The second kappa shape index (κ2) is 3.97. The highest BCUT2D eigenvalue weighted by molar-refractivity contribution is 5.23. The quantitative estimate of drug-likeness (QED) is 0.632. The molecule has 0 bridgehead atoms. The minimum atomic E-state index is -0.681. The zero-order valence-electron chi connectivity index (χ0n) is 7.87. The fourth-order valence-electron chi connectivity index (χ4n) is 1.33. The molecule has 0 unspecified atom stereocenters. The number of hydrogen-bond donors (Lipinski definition) is 2. The number of nitrogens with two attached hydrogens (primary N) is 1. The van der Waals surface area contributed by atoms with E-state index < -0.39 is 18.2 Å². The van der Waals surface area contributed by atoms with E-state index in [2.05, 4.69) is 4.98 Å². The summed E-state index contributed by atoms with van der Waals surface area (Å²) < 4.78 is 11.6. The van der Waals surface area contributed by atoms with Gasteiger partial charge in [0.15, 0.2) is 12.5 Å². The van der Waals surface area contributed by atoms with Gasteiger partial charge in [0, 0.05) is 6.20 Å². The Morgan fingerprint density at radius 1 is 1.73 bits per heavy atom. The number of aliphatic hydroxyl groups excluding tert-OH is 1. The van der Waals surface area contributed by atoms with Crippen LogP contribution in [0.4, 0.5) is 5.82 Å². The van der Waals surface area contributed by atoms with Crippen LogP contribution in [0.5, 0.6) is 0 Å². The maximum absolute atomic E-state index is 11.4. The van der Waals surface area contributed by atoms with Crippen LogP contribution in [0, 0.1) is 0 Å². The van der Waals surface area contributed by atoms with Gasteiger partial charge in [0.1, 0.15) is 5.82 Å². The van der Waals surface area contributed by atoms with Crippen LogP contribution in [0.25, 0.3) is 0 Å². The summed E-state index contributed by atoms with van der Waals surface area (Å²) in [6.07, 6.45) is 0.250. The number of anilines is 1. The maximum atomic E-state index is 11.4. The van der Waals surface area contributed by atoms with E-state index in [-0.39, 0.29) is 19.0 Å². The van der Waals surface area contributed by atoms with E-state index in [1.54, 1.807) is 0 Å². The molecule has 1 aliphatic rings. The highest BCUT2D eigenvalue weighted by atomic mass is 16.7. The van der Waals surface area contributed by atoms with Crippen LogP contribution in [0.1, 0.15) is 6.23 Å². The molecule has 2 heterocycles. The van der Waals surface area contributed by atoms with Gasteiger partial charge in [0.25, 0.3) is 0 Å². The first-order valence-electron chi connectivity index (χ1n) is 4.43. The normalized spacial score (nSPS) is 25.7. The van der Waals surface area contributed by atoms with Crippen molar-refractivity contribution in [3.8, 4) is 0 Å². The highest BCUT2D eigenvalue weighted by Gasteiger charge is 2.27. The largest absolute Gasteiger partial charge is 0.391 e. The van der Waals surface area contributed by atoms with Crippen molar-refractivity contribution in [2.45, 2.75) is 12.5 Å². The highest BCUT2D eigenvalue weighted by Crippen LogP contribution is 2.18. The minimum absolute atomic E-state index is 0.161. The molecule has 0 aliphatic carbocycles. The lowest BCUT2D eigenvalue weighted by Gasteiger charge is -2.11. The van der Waals surface area contributed by atoms with E-state index in [1.807, 2.05) is 0 Å². The van der Waals surface area contributed by atoms with Crippen molar-refractivity contribution in [1.29, 1.82) is 0 Å². The average molecular weight is 213 g/mol. The maximum Gasteiger partial charge on any atom is 0.351 e. The summed E-state index contributed by atoms with van der Waals surface area (Å²) in [4.78, 5) is 15.0. The molecule has 0 spiro atoms. The SMILES string of the molecule is Nc1ccn([C@@H]2CO[C@@H](CO)O2)c(=O)n1. The predicted molar refractivity (Wildman–Crippen MR) is 49.9 cm³/mol.